The summed E-state index contributed by atoms with van der Waals surface area (Å²) in [6.07, 6.45) is 0.536. The molecule has 0 spiro atoms. The normalized spacial score (nSPS) is 20.0. The number of likely N-dealkylation sites (tertiary alicyclic amines) is 1. The maximum Gasteiger partial charge on any atom is 0.414 e. The molecule has 142 valence electrons. The molecule has 0 radical (unpaired) electrons. The van der Waals surface area contributed by atoms with Crippen LogP contribution >= 0.6 is 0 Å². The number of aliphatic hydroxyl groups excluding tert-OH is 1. The minimum absolute atomic E-state index is 0.219. The Morgan fingerprint density at radius 2 is 1.92 bits per heavy atom. The molecule has 8 nitrogen and oxygen atoms in total. The van der Waals surface area contributed by atoms with Gasteiger partial charge in [0.25, 0.3) is 0 Å². The Balaban J connectivity index is 1.63. The van der Waals surface area contributed by atoms with Crippen LogP contribution in [0.3, 0.4) is 0 Å². The van der Waals surface area contributed by atoms with Gasteiger partial charge in [0, 0.05) is 25.3 Å². The minimum Gasteiger partial charge on any atom is -0.465 e. The van der Waals surface area contributed by atoms with Crippen molar-refractivity contribution in [1.29, 1.82) is 0 Å². The average Bonchev–Trinajstić information content (AvgIpc) is 3.06. The van der Waals surface area contributed by atoms with Crippen molar-refractivity contribution < 1.29 is 24.5 Å². The lowest BCUT2D eigenvalue weighted by molar-refractivity contribution is 0.0806. The number of ether oxygens (including phenoxy) is 1. The Labute approximate surface area is 152 Å². The second kappa shape index (κ2) is 8.37. The van der Waals surface area contributed by atoms with Gasteiger partial charge in [-0.05, 0) is 37.0 Å². The monoisotopic (exact) mass is 363 g/mol. The predicted molar refractivity (Wildman–Crippen MR) is 95.3 cm³/mol. The van der Waals surface area contributed by atoms with Crippen molar-refractivity contribution in [3.05, 3.63) is 29.8 Å². The number of rotatable bonds is 6. The molecule has 0 aromatic heterocycles. The van der Waals surface area contributed by atoms with Crippen LogP contribution in [0.5, 0.6) is 0 Å². The van der Waals surface area contributed by atoms with E-state index in [1.54, 1.807) is 4.90 Å². The number of aliphatic hydroxyl groups is 1. The van der Waals surface area contributed by atoms with Crippen molar-refractivity contribution in [2.75, 3.05) is 37.7 Å². The van der Waals surface area contributed by atoms with Gasteiger partial charge in [-0.2, -0.15) is 0 Å². The zero-order chi connectivity index (χ0) is 18.5. The molecular weight excluding hydrogens is 338 g/mol. The van der Waals surface area contributed by atoms with E-state index in [4.69, 9.17) is 9.84 Å². The number of nitrogens with zero attached hydrogens (tertiary/aromatic N) is 2. The van der Waals surface area contributed by atoms with Gasteiger partial charge in [0.05, 0.1) is 18.7 Å². The van der Waals surface area contributed by atoms with E-state index >= 15 is 0 Å². The standard InChI is InChI=1S/C18H25N3O5/c22-15-5-8-20(9-6-15)10-7-16(19-17(23)24)13-1-3-14(4-2-13)21-11-12-26-18(21)25/h1-4,15-16,19,22H,5-12H2,(H,23,24). The molecule has 3 rings (SSSR count). The topological polar surface area (TPSA) is 102 Å². The van der Waals surface area contributed by atoms with Crippen LogP contribution in [-0.4, -0.2) is 66.2 Å². The third kappa shape index (κ3) is 4.64. The fourth-order valence-electron chi connectivity index (χ4n) is 3.44. The zero-order valence-electron chi connectivity index (χ0n) is 14.6. The molecule has 1 unspecified atom stereocenters. The van der Waals surface area contributed by atoms with Crippen LogP contribution in [-0.2, 0) is 4.74 Å². The summed E-state index contributed by atoms with van der Waals surface area (Å²) < 4.78 is 4.94. The van der Waals surface area contributed by atoms with Gasteiger partial charge < -0.3 is 25.2 Å². The number of anilines is 1. The molecular formula is C18H25N3O5. The first-order valence-corrected chi connectivity index (χ1v) is 8.97. The predicted octanol–water partition coefficient (Wildman–Crippen LogP) is 1.80. The van der Waals surface area contributed by atoms with Gasteiger partial charge in [-0.25, -0.2) is 9.59 Å². The summed E-state index contributed by atoms with van der Waals surface area (Å²) in [5, 5.41) is 21.3. The van der Waals surface area contributed by atoms with Gasteiger partial charge in [-0.15, -0.1) is 0 Å². The molecule has 1 aromatic carbocycles. The summed E-state index contributed by atoms with van der Waals surface area (Å²) in [5.74, 6) is 0. The SMILES string of the molecule is O=C(O)NC(CCN1CCC(O)CC1)c1ccc(N2CCOC2=O)cc1. The summed E-state index contributed by atoms with van der Waals surface area (Å²) in [6, 6.07) is 7.01. The molecule has 2 amide bonds. The van der Waals surface area contributed by atoms with Crippen LogP contribution in [0.4, 0.5) is 15.3 Å². The van der Waals surface area contributed by atoms with E-state index in [1.807, 2.05) is 24.3 Å². The number of benzene rings is 1. The van der Waals surface area contributed by atoms with Crippen molar-refractivity contribution in [2.45, 2.75) is 31.4 Å². The Bertz CT molecular complexity index is 628. The molecule has 3 N–H and O–H groups in total. The molecule has 1 atom stereocenters. The maximum atomic E-state index is 11.6. The number of carbonyl (C=O) groups is 2. The number of carboxylic acid groups (broad SMARTS) is 1. The number of hydrogen-bond acceptors (Lipinski definition) is 5. The number of nitrogens with one attached hydrogen (secondary N) is 1. The zero-order valence-corrected chi connectivity index (χ0v) is 14.6. The highest BCUT2D eigenvalue weighted by Gasteiger charge is 2.24. The second-order valence-corrected chi connectivity index (χ2v) is 6.72. The van der Waals surface area contributed by atoms with E-state index in [-0.39, 0.29) is 18.2 Å². The highest BCUT2D eigenvalue weighted by Crippen LogP contribution is 2.24. The van der Waals surface area contributed by atoms with Gasteiger partial charge in [0.2, 0.25) is 0 Å². The molecule has 2 saturated heterocycles. The van der Waals surface area contributed by atoms with E-state index in [0.29, 0.717) is 19.6 Å². The summed E-state index contributed by atoms with van der Waals surface area (Å²) in [4.78, 5) is 26.6. The highest BCUT2D eigenvalue weighted by atomic mass is 16.6. The minimum atomic E-state index is -1.06. The fraction of sp³-hybridized carbons (Fsp3) is 0.556. The van der Waals surface area contributed by atoms with Crippen molar-refractivity contribution in [1.82, 2.24) is 10.2 Å². The third-order valence-corrected chi connectivity index (χ3v) is 4.96. The Kier molecular flexibility index (Phi) is 5.95. The largest absolute Gasteiger partial charge is 0.465 e. The smallest absolute Gasteiger partial charge is 0.414 e. The third-order valence-electron chi connectivity index (χ3n) is 4.96. The van der Waals surface area contributed by atoms with Crippen LogP contribution in [0.2, 0.25) is 0 Å². The van der Waals surface area contributed by atoms with Gasteiger partial charge >= 0.3 is 12.2 Å². The van der Waals surface area contributed by atoms with Crippen LogP contribution < -0.4 is 10.2 Å². The maximum absolute atomic E-state index is 11.6. The first-order valence-electron chi connectivity index (χ1n) is 8.97. The van der Waals surface area contributed by atoms with Crippen molar-refractivity contribution >= 4 is 17.9 Å². The molecule has 2 heterocycles. The van der Waals surface area contributed by atoms with Crippen LogP contribution in [0.25, 0.3) is 0 Å². The Morgan fingerprint density at radius 1 is 1.23 bits per heavy atom. The number of piperidine rings is 1. The molecule has 8 heteroatoms. The Morgan fingerprint density at radius 3 is 2.50 bits per heavy atom. The fourth-order valence-corrected chi connectivity index (χ4v) is 3.44. The highest BCUT2D eigenvalue weighted by molar-refractivity contribution is 5.89. The van der Waals surface area contributed by atoms with E-state index in [0.717, 1.165) is 43.7 Å². The number of amides is 2. The number of carbonyl (C=O) groups excluding carboxylic acids is 1. The summed E-state index contributed by atoms with van der Waals surface area (Å²) in [5.41, 5.74) is 1.61. The van der Waals surface area contributed by atoms with E-state index in [2.05, 4.69) is 10.2 Å². The van der Waals surface area contributed by atoms with Gasteiger partial charge in [0.15, 0.2) is 0 Å². The quantitative estimate of drug-likeness (QED) is 0.712. The number of hydrogen-bond donors (Lipinski definition) is 3. The lowest BCUT2D eigenvalue weighted by Gasteiger charge is -2.30. The van der Waals surface area contributed by atoms with Gasteiger partial charge in [-0.1, -0.05) is 12.1 Å². The summed E-state index contributed by atoms with van der Waals surface area (Å²) >= 11 is 0. The second-order valence-electron chi connectivity index (χ2n) is 6.72. The lowest BCUT2D eigenvalue weighted by Crippen LogP contribution is -2.38. The van der Waals surface area contributed by atoms with E-state index < -0.39 is 6.09 Å². The Hall–Kier alpha value is -2.32. The first-order chi connectivity index (χ1) is 12.5. The molecule has 2 fully saturated rings. The van der Waals surface area contributed by atoms with Crippen LogP contribution in [0, 0.1) is 0 Å². The molecule has 0 aliphatic carbocycles. The average molecular weight is 363 g/mol. The molecule has 2 aliphatic heterocycles. The lowest BCUT2D eigenvalue weighted by atomic mass is 10.0. The van der Waals surface area contributed by atoms with E-state index in [9.17, 15) is 14.7 Å². The van der Waals surface area contributed by atoms with E-state index in [1.165, 1.54) is 0 Å². The molecule has 2 aliphatic rings. The molecule has 0 saturated carbocycles. The van der Waals surface area contributed by atoms with Crippen molar-refractivity contribution in [2.24, 2.45) is 0 Å². The van der Waals surface area contributed by atoms with Crippen LogP contribution in [0.15, 0.2) is 24.3 Å². The summed E-state index contributed by atoms with van der Waals surface area (Å²) in [6.45, 7) is 3.33. The van der Waals surface area contributed by atoms with Crippen LogP contribution in [0.1, 0.15) is 30.9 Å². The van der Waals surface area contributed by atoms with Crippen molar-refractivity contribution in [3.8, 4) is 0 Å². The number of cyclic esters (lactones) is 1. The summed E-state index contributed by atoms with van der Waals surface area (Å²) in [7, 11) is 0. The molecule has 26 heavy (non-hydrogen) atoms. The first kappa shape index (κ1) is 18.5. The van der Waals surface area contributed by atoms with Crippen molar-refractivity contribution in [3.63, 3.8) is 0 Å². The van der Waals surface area contributed by atoms with Gasteiger partial charge in [-0.3, -0.25) is 4.90 Å². The molecule has 1 aromatic rings. The van der Waals surface area contributed by atoms with Gasteiger partial charge in [0.1, 0.15) is 6.61 Å². The molecule has 0 bridgehead atoms.